The largest absolute Gasteiger partial charge is 0.324 e. The van der Waals surface area contributed by atoms with E-state index in [1.165, 1.54) is 0 Å². The molecule has 0 saturated carbocycles. The van der Waals surface area contributed by atoms with Crippen LogP contribution in [0.5, 0.6) is 0 Å². The smallest absolute Gasteiger partial charge is 0.164 e. The van der Waals surface area contributed by atoms with Crippen LogP contribution < -0.4 is 0 Å². The molecule has 3 atom stereocenters. The Hall–Kier alpha value is 0.930. The highest BCUT2D eigenvalue weighted by Crippen LogP contribution is 2.28. The quantitative estimate of drug-likeness (QED) is 0.538. The third-order valence-electron chi connectivity index (χ3n) is 3.72. The highest BCUT2D eigenvalue weighted by molar-refractivity contribution is 7.81. The predicted molar refractivity (Wildman–Crippen MR) is 97.7 cm³/mol. The van der Waals surface area contributed by atoms with Crippen LogP contribution in [0.3, 0.4) is 0 Å². The van der Waals surface area contributed by atoms with Gasteiger partial charge in [-0.05, 0) is 19.3 Å². The molecule has 1 aliphatic rings. The zero-order valence-corrected chi connectivity index (χ0v) is 16.0. The first kappa shape index (κ1) is 20.0. The van der Waals surface area contributed by atoms with Gasteiger partial charge in [-0.2, -0.15) is 37.9 Å². The lowest BCUT2D eigenvalue weighted by molar-refractivity contribution is -0.385. The first-order valence-electron chi connectivity index (χ1n) is 7.98. The molecule has 0 aromatic rings. The van der Waals surface area contributed by atoms with Gasteiger partial charge in [-0.1, -0.05) is 20.8 Å². The molecule has 0 aromatic carbocycles. The van der Waals surface area contributed by atoms with E-state index in [1.54, 1.807) is 0 Å². The van der Waals surface area contributed by atoms with Crippen molar-refractivity contribution in [3.63, 3.8) is 0 Å². The molecule has 0 amide bonds. The van der Waals surface area contributed by atoms with Gasteiger partial charge in [0.15, 0.2) is 18.9 Å². The van der Waals surface area contributed by atoms with Crippen molar-refractivity contribution < 1.29 is 14.2 Å². The molecule has 1 rings (SSSR count). The van der Waals surface area contributed by atoms with E-state index in [-0.39, 0.29) is 34.6 Å². The van der Waals surface area contributed by atoms with Crippen molar-refractivity contribution >= 4 is 37.9 Å². The van der Waals surface area contributed by atoms with Crippen molar-refractivity contribution in [1.29, 1.82) is 0 Å². The minimum atomic E-state index is -0.244. The van der Waals surface area contributed by atoms with Gasteiger partial charge in [0, 0.05) is 35.0 Å². The maximum absolute atomic E-state index is 5.91. The lowest BCUT2D eigenvalue weighted by Gasteiger charge is -2.38. The van der Waals surface area contributed by atoms with E-state index >= 15 is 0 Å². The van der Waals surface area contributed by atoms with Crippen molar-refractivity contribution in [2.45, 2.75) is 93.9 Å². The maximum atomic E-state index is 5.91. The summed E-state index contributed by atoms with van der Waals surface area (Å²) < 4.78 is 17.7. The van der Waals surface area contributed by atoms with Crippen LogP contribution in [0.4, 0.5) is 0 Å². The van der Waals surface area contributed by atoms with Gasteiger partial charge in [-0.3, -0.25) is 0 Å². The second-order valence-electron chi connectivity index (χ2n) is 5.59. The van der Waals surface area contributed by atoms with Gasteiger partial charge in [0.1, 0.15) is 0 Å². The minimum absolute atomic E-state index is 0.244. The predicted octanol–water partition coefficient (Wildman–Crippen LogP) is 4.32. The SMILES string of the molecule is CCC(S)CC1OC(CC(S)CC)OC(CC(S)CC)O1. The minimum Gasteiger partial charge on any atom is -0.324 e. The van der Waals surface area contributed by atoms with Crippen molar-refractivity contribution in [3.05, 3.63) is 0 Å². The Bertz CT molecular complexity index is 232. The zero-order chi connectivity index (χ0) is 15.8. The first-order chi connectivity index (χ1) is 9.98. The molecule has 21 heavy (non-hydrogen) atoms. The number of rotatable bonds is 9. The molecule has 1 saturated heterocycles. The Morgan fingerprint density at radius 3 is 1.05 bits per heavy atom. The Kier molecular flexibility index (Phi) is 10.1. The third-order valence-corrected chi connectivity index (χ3v) is 5.45. The summed E-state index contributed by atoms with van der Waals surface area (Å²) in [6.07, 6.45) is 4.60. The van der Waals surface area contributed by atoms with Gasteiger partial charge in [-0.25, -0.2) is 0 Å². The standard InChI is InChI=1S/C15H30O3S3/c1-4-10(19)7-13-16-14(8-11(20)5-2)18-15(17-13)9-12(21)6-3/h10-15,19-21H,4-9H2,1-3H3. The summed E-state index contributed by atoms with van der Waals surface area (Å²) in [5.41, 5.74) is 0. The van der Waals surface area contributed by atoms with Crippen LogP contribution in [0.25, 0.3) is 0 Å². The Labute approximate surface area is 146 Å². The van der Waals surface area contributed by atoms with Crippen molar-refractivity contribution in [2.24, 2.45) is 0 Å². The van der Waals surface area contributed by atoms with Crippen LogP contribution in [0.2, 0.25) is 0 Å². The van der Waals surface area contributed by atoms with E-state index in [2.05, 4.69) is 58.7 Å². The molecule has 1 fully saturated rings. The number of ether oxygens (including phenoxy) is 3. The summed E-state index contributed by atoms with van der Waals surface area (Å²) in [5, 5.41) is 0.848. The van der Waals surface area contributed by atoms with Crippen molar-refractivity contribution in [1.82, 2.24) is 0 Å². The zero-order valence-electron chi connectivity index (χ0n) is 13.3. The Morgan fingerprint density at radius 2 is 0.857 bits per heavy atom. The highest BCUT2D eigenvalue weighted by Gasteiger charge is 2.32. The molecule has 3 unspecified atom stereocenters. The molecule has 0 radical (unpaired) electrons. The van der Waals surface area contributed by atoms with E-state index in [9.17, 15) is 0 Å². The normalized spacial score (nSPS) is 30.9. The number of hydrogen-bond donors (Lipinski definition) is 3. The Morgan fingerprint density at radius 1 is 0.619 bits per heavy atom. The summed E-state index contributed by atoms with van der Waals surface area (Å²) in [7, 11) is 0. The lowest BCUT2D eigenvalue weighted by atomic mass is 10.2. The second kappa shape index (κ2) is 10.7. The summed E-state index contributed by atoms with van der Waals surface area (Å²) in [6, 6.07) is 0. The summed E-state index contributed by atoms with van der Waals surface area (Å²) in [4.78, 5) is 0. The molecular formula is C15H30O3S3. The molecule has 0 N–H and O–H groups in total. The van der Waals surface area contributed by atoms with Crippen LogP contribution in [0, 0.1) is 0 Å². The van der Waals surface area contributed by atoms with Crippen molar-refractivity contribution in [3.8, 4) is 0 Å². The van der Waals surface area contributed by atoms with Crippen LogP contribution in [-0.2, 0) is 14.2 Å². The fraction of sp³-hybridized carbons (Fsp3) is 1.00. The molecule has 1 aliphatic heterocycles. The maximum Gasteiger partial charge on any atom is 0.164 e. The lowest BCUT2D eigenvalue weighted by Crippen LogP contribution is -2.43. The fourth-order valence-electron chi connectivity index (χ4n) is 2.10. The molecular weight excluding hydrogens is 324 g/mol. The van der Waals surface area contributed by atoms with E-state index in [0.29, 0.717) is 0 Å². The topological polar surface area (TPSA) is 27.7 Å². The summed E-state index contributed by atoms with van der Waals surface area (Å²) in [5.74, 6) is 0. The fourth-order valence-corrected chi connectivity index (χ4v) is 2.62. The summed E-state index contributed by atoms with van der Waals surface area (Å²) in [6.45, 7) is 6.36. The summed E-state index contributed by atoms with van der Waals surface area (Å²) >= 11 is 13.6. The number of thiol groups is 3. The van der Waals surface area contributed by atoms with Gasteiger partial charge < -0.3 is 14.2 Å². The van der Waals surface area contributed by atoms with Gasteiger partial charge >= 0.3 is 0 Å². The highest BCUT2D eigenvalue weighted by atomic mass is 32.1. The monoisotopic (exact) mass is 354 g/mol. The average molecular weight is 355 g/mol. The van der Waals surface area contributed by atoms with E-state index in [1.807, 2.05) is 0 Å². The molecule has 126 valence electrons. The first-order valence-corrected chi connectivity index (χ1v) is 9.53. The Balaban J connectivity index is 2.59. The molecule has 0 aromatic heterocycles. The molecule has 3 nitrogen and oxygen atoms in total. The molecule has 6 heteroatoms. The second-order valence-corrected chi connectivity index (χ2v) is 7.78. The molecule has 1 heterocycles. The molecule has 0 bridgehead atoms. The number of hydrogen-bond acceptors (Lipinski definition) is 6. The van der Waals surface area contributed by atoms with Crippen molar-refractivity contribution in [2.75, 3.05) is 0 Å². The van der Waals surface area contributed by atoms with E-state index in [0.717, 1.165) is 38.5 Å². The van der Waals surface area contributed by atoms with E-state index in [4.69, 9.17) is 14.2 Å². The average Bonchev–Trinajstić information content (AvgIpc) is 2.46. The van der Waals surface area contributed by atoms with Gasteiger partial charge in [0.25, 0.3) is 0 Å². The van der Waals surface area contributed by atoms with Crippen LogP contribution in [-0.4, -0.2) is 34.6 Å². The molecule has 0 spiro atoms. The van der Waals surface area contributed by atoms with Crippen LogP contribution >= 0.6 is 37.9 Å². The van der Waals surface area contributed by atoms with Crippen LogP contribution in [0.15, 0.2) is 0 Å². The van der Waals surface area contributed by atoms with E-state index < -0.39 is 0 Å². The van der Waals surface area contributed by atoms with Gasteiger partial charge in [0.05, 0.1) is 0 Å². The van der Waals surface area contributed by atoms with Crippen LogP contribution in [0.1, 0.15) is 59.3 Å². The third kappa shape index (κ3) is 7.84. The van der Waals surface area contributed by atoms with Gasteiger partial charge in [-0.15, -0.1) is 0 Å². The molecule has 0 aliphatic carbocycles. The van der Waals surface area contributed by atoms with Gasteiger partial charge in [0.2, 0.25) is 0 Å².